The normalized spacial score (nSPS) is 16.7. The van der Waals surface area contributed by atoms with Crippen molar-refractivity contribution in [2.75, 3.05) is 6.61 Å². The van der Waals surface area contributed by atoms with Crippen LogP contribution in [0.4, 0.5) is 8.78 Å². The molecule has 1 fully saturated rings. The molecule has 0 amide bonds. The van der Waals surface area contributed by atoms with Gasteiger partial charge in [0.15, 0.2) is 11.5 Å². The van der Waals surface area contributed by atoms with Crippen molar-refractivity contribution in [1.29, 1.82) is 0 Å². The minimum Gasteiger partial charge on any atom is -0.489 e. The van der Waals surface area contributed by atoms with E-state index in [0.717, 1.165) is 18.4 Å². The molecule has 1 saturated carbocycles. The monoisotopic (exact) mass is 257 g/mol. The van der Waals surface area contributed by atoms with E-state index < -0.39 is 6.61 Å². The van der Waals surface area contributed by atoms with Crippen molar-refractivity contribution in [2.24, 2.45) is 11.7 Å². The number of halogens is 2. The second-order valence-electron chi connectivity index (χ2n) is 4.63. The number of benzene rings is 1. The molecule has 2 N–H and O–H groups in total. The summed E-state index contributed by atoms with van der Waals surface area (Å²) in [5, 5.41) is 0. The van der Waals surface area contributed by atoms with E-state index in [9.17, 15) is 8.78 Å². The summed E-state index contributed by atoms with van der Waals surface area (Å²) in [5.41, 5.74) is 6.45. The lowest BCUT2D eigenvalue weighted by Gasteiger charge is -2.14. The Bertz CT molecular complexity index is 406. The fourth-order valence-electron chi connectivity index (χ4n) is 1.61. The summed E-state index contributed by atoms with van der Waals surface area (Å²) < 4.78 is 34.6. The predicted octanol–water partition coefficient (Wildman–Crippen LogP) is 3.10. The molecule has 0 saturated heterocycles. The molecule has 1 aromatic rings. The molecule has 1 aliphatic rings. The van der Waals surface area contributed by atoms with Crippen molar-refractivity contribution in [3.8, 4) is 11.5 Å². The summed E-state index contributed by atoms with van der Waals surface area (Å²) >= 11 is 0. The molecule has 0 aromatic heterocycles. The van der Waals surface area contributed by atoms with Crippen LogP contribution in [-0.4, -0.2) is 13.2 Å². The van der Waals surface area contributed by atoms with Gasteiger partial charge < -0.3 is 15.2 Å². The summed E-state index contributed by atoms with van der Waals surface area (Å²) in [6, 6.07) is 4.69. The molecule has 0 radical (unpaired) electrons. The Morgan fingerprint density at radius 1 is 1.33 bits per heavy atom. The lowest BCUT2D eigenvalue weighted by molar-refractivity contribution is -0.0515. The Morgan fingerprint density at radius 3 is 2.61 bits per heavy atom. The second-order valence-corrected chi connectivity index (χ2v) is 4.63. The summed E-state index contributed by atoms with van der Waals surface area (Å²) in [4.78, 5) is 0. The van der Waals surface area contributed by atoms with Gasteiger partial charge in [-0.1, -0.05) is 6.07 Å². The molecule has 2 rings (SSSR count). The van der Waals surface area contributed by atoms with E-state index in [1.807, 2.05) is 0 Å². The topological polar surface area (TPSA) is 44.5 Å². The standard InChI is InChI=1S/C13H17F2NO2/c1-8(16)10-4-5-11(17-7-9-2-3-9)12(6-10)18-13(14)15/h4-6,8-9,13H,2-3,7,16H2,1H3/t8-/m0/s1. The molecule has 100 valence electrons. The maximum atomic E-state index is 12.3. The van der Waals surface area contributed by atoms with Gasteiger partial charge in [-0.15, -0.1) is 0 Å². The van der Waals surface area contributed by atoms with E-state index in [2.05, 4.69) is 4.74 Å². The molecule has 0 spiro atoms. The van der Waals surface area contributed by atoms with Crippen molar-refractivity contribution in [3.05, 3.63) is 23.8 Å². The van der Waals surface area contributed by atoms with Crippen molar-refractivity contribution in [1.82, 2.24) is 0 Å². The summed E-state index contributed by atoms with van der Waals surface area (Å²) in [7, 11) is 0. The molecule has 1 atom stereocenters. The molecule has 0 aliphatic heterocycles. The number of ether oxygens (including phenoxy) is 2. The Hall–Kier alpha value is -1.36. The van der Waals surface area contributed by atoms with Crippen molar-refractivity contribution in [2.45, 2.75) is 32.4 Å². The first-order chi connectivity index (χ1) is 8.56. The van der Waals surface area contributed by atoms with E-state index in [0.29, 0.717) is 18.3 Å². The Labute approximate surface area is 105 Å². The van der Waals surface area contributed by atoms with Crippen molar-refractivity contribution >= 4 is 0 Å². The Kier molecular flexibility index (Phi) is 4.01. The van der Waals surface area contributed by atoms with Crippen LogP contribution in [0.5, 0.6) is 11.5 Å². The van der Waals surface area contributed by atoms with E-state index in [1.165, 1.54) is 6.07 Å². The van der Waals surface area contributed by atoms with Crippen LogP contribution < -0.4 is 15.2 Å². The maximum Gasteiger partial charge on any atom is 0.387 e. The highest BCUT2D eigenvalue weighted by atomic mass is 19.3. The van der Waals surface area contributed by atoms with Gasteiger partial charge in [0.2, 0.25) is 0 Å². The number of hydrogen-bond acceptors (Lipinski definition) is 3. The number of hydrogen-bond donors (Lipinski definition) is 1. The average Bonchev–Trinajstić information content (AvgIpc) is 3.10. The molecule has 0 bridgehead atoms. The first-order valence-corrected chi connectivity index (χ1v) is 6.03. The molecule has 1 aliphatic carbocycles. The Balaban J connectivity index is 2.13. The SMILES string of the molecule is C[C@H](N)c1ccc(OCC2CC2)c(OC(F)F)c1. The molecule has 3 nitrogen and oxygen atoms in total. The molecule has 1 aromatic carbocycles. The van der Waals surface area contributed by atoms with Crippen LogP contribution in [0.3, 0.4) is 0 Å². The molecule has 18 heavy (non-hydrogen) atoms. The summed E-state index contributed by atoms with van der Waals surface area (Å²) in [5.74, 6) is 0.963. The van der Waals surface area contributed by atoms with Crippen molar-refractivity contribution in [3.63, 3.8) is 0 Å². The van der Waals surface area contributed by atoms with Gasteiger partial charge in [0.1, 0.15) is 0 Å². The predicted molar refractivity (Wildman–Crippen MR) is 63.9 cm³/mol. The molecular formula is C13H17F2NO2. The number of nitrogens with two attached hydrogens (primary N) is 1. The zero-order valence-corrected chi connectivity index (χ0v) is 10.2. The molecular weight excluding hydrogens is 240 g/mol. The van der Waals surface area contributed by atoms with Crippen LogP contribution >= 0.6 is 0 Å². The third-order valence-corrected chi connectivity index (χ3v) is 2.88. The third-order valence-electron chi connectivity index (χ3n) is 2.88. The second kappa shape index (κ2) is 5.52. The van der Waals surface area contributed by atoms with Crippen LogP contribution in [0, 0.1) is 5.92 Å². The van der Waals surface area contributed by atoms with Gasteiger partial charge in [0.05, 0.1) is 6.61 Å². The summed E-state index contributed by atoms with van der Waals surface area (Å²) in [6.07, 6.45) is 2.28. The van der Waals surface area contributed by atoms with Gasteiger partial charge >= 0.3 is 6.61 Å². The third kappa shape index (κ3) is 3.57. The van der Waals surface area contributed by atoms with Gasteiger partial charge in [-0.3, -0.25) is 0 Å². The number of rotatable bonds is 6. The van der Waals surface area contributed by atoms with Crippen LogP contribution in [0.15, 0.2) is 18.2 Å². The quantitative estimate of drug-likeness (QED) is 0.851. The largest absolute Gasteiger partial charge is 0.489 e. The van der Waals surface area contributed by atoms with Gasteiger partial charge in [0, 0.05) is 6.04 Å². The Morgan fingerprint density at radius 2 is 2.06 bits per heavy atom. The van der Waals surface area contributed by atoms with Crippen LogP contribution in [0.25, 0.3) is 0 Å². The molecule has 0 unspecified atom stereocenters. The minimum atomic E-state index is -2.86. The fraction of sp³-hybridized carbons (Fsp3) is 0.538. The fourth-order valence-corrected chi connectivity index (χ4v) is 1.61. The highest BCUT2D eigenvalue weighted by molar-refractivity contribution is 5.43. The minimum absolute atomic E-state index is 0.0560. The molecule has 0 heterocycles. The number of alkyl halides is 2. The van der Waals surface area contributed by atoms with Gasteiger partial charge in [-0.25, -0.2) is 0 Å². The zero-order chi connectivity index (χ0) is 13.1. The maximum absolute atomic E-state index is 12.3. The molecule has 5 heteroatoms. The van der Waals surface area contributed by atoms with Gasteiger partial charge in [-0.2, -0.15) is 8.78 Å². The van der Waals surface area contributed by atoms with Crippen LogP contribution in [0.2, 0.25) is 0 Å². The van der Waals surface area contributed by atoms with Crippen molar-refractivity contribution < 1.29 is 18.3 Å². The summed E-state index contributed by atoms with van der Waals surface area (Å²) in [6.45, 7) is -0.528. The highest BCUT2D eigenvalue weighted by Crippen LogP contribution is 2.34. The van der Waals surface area contributed by atoms with Gasteiger partial charge in [0.25, 0.3) is 0 Å². The smallest absolute Gasteiger partial charge is 0.387 e. The van der Waals surface area contributed by atoms with E-state index in [1.54, 1.807) is 19.1 Å². The van der Waals surface area contributed by atoms with Crippen LogP contribution in [0.1, 0.15) is 31.4 Å². The highest BCUT2D eigenvalue weighted by Gasteiger charge is 2.23. The average molecular weight is 257 g/mol. The van der Waals surface area contributed by atoms with E-state index >= 15 is 0 Å². The van der Waals surface area contributed by atoms with Crippen LogP contribution in [-0.2, 0) is 0 Å². The first-order valence-electron chi connectivity index (χ1n) is 6.03. The lowest BCUT2D eigenvalue weighted by Crippen LogP contribution is -2.09. The van der Waals surface area contributed by atoms with Gasteiger partial charge in [-0.05, 0) is 43.4 Å². The zero-order valence-electron chi connectivity index (χ0n) is 10.2. The first kappa shape index (κ1) is 13.1. The van der Waals surface area contributed by atoms with E-state index in [-0.39, 0.29) is 11.8 Å². The van der Waals surface area contributed by atoms with E-state index in [4.69, 9.17) is 10.5 Å². The lowest BCUT2D eigenvalue weighted by atomic mass is 10.1.